The Hall–Kier alpha value is -2.23. The molecule has 2 aromatic rings. The summed E-state index contributed by atoms with van der Waals surface area (Å²) in [5.74, 6) is -0.0720. The van der Waals surface area contributed by atoms with Crippen LogP contribution in [0.25, 0.3) is 0 Å². The van der Waals surface area contributed by atoms with Crippen molar-refractivity contribution in [2.24, 2.45) is 0 Å². The third kappa shape index (κ3) is 2.87. The Labute approximate surface area is 99.7 Å². The van der Waals surface area contributed by atoms with Gasteiger partial charge in [0.1, 0.15) is 0 Å². The maximum Gasteiger partial charge on any atom is 0.289 e. The zero-order valence-electron chi connectivity index (χ0n) is 9.50. The van der Waals surface area contributed by atoms with E-state index in [2.05, 4.69) is 15.3 Å². The van der Waals surface area contributed by atoms with Crippen LogP contribution in [0.2, 0.25) is 0 Å². The normalized spacial score (nSPS) is 11.8. The molecule has 17 heavy (non-hydrogen) atoms. The second kappa shape index (κ2) is 5.21. The van der Waals surface area contributed by atoms with E-state index in [0.717, 1.165) is 5.56 Å². The highest BCUT2D eigenvalue weighted by Crippen LogP contribution is 2.11. The zero-order chi connectivity index (χ0) is 12.1. The number of hydrogen-bond donors (Lipinski definition) is 1. The smallest absolute Gasteiger partial charge is 0.289 e. The molecule has 4 nitrogen and oxygen atoms in total. The van der Waals surface area contributed by atoms with Gasteiger partial charge in [0.15, 0.2) is 0 Å². The molecular weight excluding hydrogens is 214 g/mol. The standard InChI is InChI=1S/C13H13N3O/c1-10(11-6-3-2-4-7-11)16-13(17)12-14-8-5-9-15-12/h2-10H,1H3,(H,16,17). The molecule has 0 bridgehead atoms. The van der Waals surface area contributed by atoms with Crippen LogP contribution in [0, 0.1) is 0 Å². The maximum absolute atomic E-state index is 11.8. The predicted octanol–water partition coefficient (Wildman–Crippen LogP) is 1.97. The second-order valence-electron chi connectivity index (χ2n) is 3.68. The summed E-state index contributed by atoms with van der Waals surface area (Å²) in [4.78, 5) is 19.6. The van der Waals surface area contributed by atoms with Gasteiger partial charge in [-0.05, 0) is 18.6 Å². The van der Waals surface area contributed by atoms with Gasteiger partial charge in [-0.2, -0.15) is 0 Å². The first-order chi connectivity index (χ1) is 8.27. The van der Waals surface area contributed by atoms with Crippen molar-refractivity contribution in [2.45, 2.75) is 13.0 Å². The molecule has 1 unspecified atom stereocenters. The number of rotatable bonds is 3. The lowest BCUT2D eigenvalue weighted by atomic mass is 10.1. The topological polar surface area (TPSA) is 54.9 Å². The molecule has 0 radical (unpaired) electrons. The molecule has 0 spiro atoms. The highest BCUT2D eigenvalue weighted by atomic mass is 16.2. The maximum atomic E-state index is 11.8. The Morgan fingerprint density at radius 2 is 1.76 bits per heavy atom. The van der Waals surface area contributed by atoms with Gasteiger partial charge in [0.2, 0.25) is 5.82 Å². The van der Waals surface area contributed by atoms with E-state index < -0.39 is 0 Å². The zero-order valence-corrected chi connectivity index (χ0v) is 9.50. The first-order valence-corrected chi connectivity index (χ1v) is 5.40. The van der Waals surface area contributed by atoms with Crippen molar-refractivity contribution in [3.63, 3.8) is 0 Å². The van der Waals surface area contributed by atoms with Crippen LogP contribution in [-0.4, -0.2) is 15.9 Å². The van der Waals surface area contributed by atoms with Gasteiger partial charge in [-0.25, -0.2) is 9.97 Å². The number of aromatic nitrogens is 2. The van der Waals surface area contributed by atoms with Crippen molar-refractivity contribution in [3.05, 3.63) is 60.2 Å². The Morgan fingerprint density at radius 1 is 1.12 bits per heavy atom. The Balaban J connectivity index is 2.05. The largest absolute Gasteiger partial charge is 0.343 e. The number of nitrogens with one attached hydrogen (secondary N) is 1. The minimum Gasteiger partial charge on any atom is -0.343 e. The van der Waals surface area contributed by atoms with Crippen LogP contribution in [0.5, 0.6) is 0 Å². The van der Waals surface area contributed by atoms with Crippen molar-refractivity contribution in [2.75, 3.05) is 0 Å². The summed E-state index contributed by atoms with van der Waals surface area (Å²) in [6, 6.07) is 11.4. The molecule has 0 aliphatic heterocycles. The number of amides is 1. The molecular formula is C13H13N3O. The molecule has 0 saturated heterocycles. The molecule has 1 aromatic heterocycles. The van der Waals surface area contributed by atoms with Gasteiger partial charge >= 0.3 is 0 Å². The summed E-state index contributed by atoms with van der Waals surface area (Å²) in [5, 5.41) is 2.85. The van der Waals surface area contributed by atoms with Crippen LogP contribution < -0.4 is 5.32 Å². The molecule has 0 aliphatic carbocycles. The number of carbonyl (C=O) groups excluding carboxylic acids is 1. The average Bonchev–Trinajstić information content (AvgIpc) is 2.40. The van der Waals surface area contributed by atoms with Gasteiger partial charge in [-0.15, -0.1) is 0 Å². The van der Waals surface area contributed by atoms with E-state index >= 15 is 0 Å². The fourth-order valence-corrected chi connectivity index (χ4v) is 1.50. The molecule has 0 saturated carbocycles. The van der Waals surface area contributed by atoms with Crippen molar-refractivity contribution < 1.29 is 4.79 Å². The van der Waals surface area contributed by atoms with E-state index in [0.29, 0.717) is 0 Å². The quantitative estimate of drug-likeness (QED) is 0.872. The summed E-state index contributed by atoms with van der Waals surface area (Å²) in [5.41, 5.74) is 1.05. The third-order valence-corrected chi connectivity index (χ3v) is 2.42. The molecule has 2 rings (SSSR count). The third-order valence-electron chi connectivity index (χ3n) is 2.42. The number of carbonyl (C=O) groups is 1. The molecule has 1 amide bonds. The van der Waals surface area contributed by atoms with Gasteiger partial charge in [-0.3, -0.25) is 4.79 Å². The van der Waals surface area contributed by atoms with Crippen molar-refractivity contribution in [1.29, 1.82) is 0 Å². The SMILES string of the molecule is CC(NC(=O)c1ncccn1)c1ccccc1. The van der Waals surface area contributed by atoms with E-state index in [1.165, 1.54) is 0 Å². The van der Waals surface area contributed by atoms with Gasteiger partial charge in [0.05, 0.1) is 6.04 Å². The Bertz CT molecular complexity index is 485. The lowest BCUT2D eigenvalue weighted by molar-refractivity contribution is 0.0929. The molecule has 1 N–H and O–H groups in total. The first-order valence-electron chi connectivity index (χ1n) is 5.40. The van der Waals surface area contributed by atoms with Crippen LogP contribution in [0.1, 0.15) is 29.1 Å². The summed E-state index contributed by atoms with van der Waals surface area (Å²) in [6.45, 7) is 1.93. The fraction of sp³-hybridized carbons (Fsp3) is 0.154. The summed E-state index contributed by atoms with van der Waals surface area (Å²) >= 11 is 0. The summed E-state index contributed by atoms with van der Waals surface area (Å²) < 4.78 is 0. The summed E-state index contributed by atoms with van der Waals surface area (Å²) in [6.07, 6.45) is 3.10. The van der Waals surface area contributed by atoms with E-state index in [4.69, 9.17) is 0 Å². The number of nitrogens with zero attached hydrogens (tertiary/aromatic N) is 2. The lowest BCUT2D eigenvalue weighted by Crippen LogP contribution is -2.28. The van der Waals surface area contributed by atoms with Crippen LogP contribution in [0.4, 0.5) is 0 Å². The van der Waals surface area contributed by atoms with Crippen molar-refractivity contribution in [1.82, 2.24) is 15.3 Å². The van der Waals surface area contributed by atoms with Crippen LogP contribution in [-0.2, 0) is 0 Å². The van der Waals surface area contributed by atoms with E-state index in [9.17, 15) is 4.79 Å². The molecule has 0 aliphatic rings. The highest BCUT2D eigenvalue weighted by Gasteiger charge is 2.12. The molecule has 1 aromatic carbocycles. The summed E-state index contributed by atoms with van der Waals surface area (Å²) in [7, 11) is 0. The first kappa shape index (κ1) is 11.3. The van der Waals surface area contributed by atoms with Crippen LogP contribution in [0.3, 0.4) is 0 Å². The van der Waals surface area contributed by atoms with Crippen molar-refractivity contribution in [3.8, 4) is 0 Å². The second-order valence-corrected chi connectivity index (χ2v) is 3.68. The van der Waals surface area contributed by atoms with E-state index in [1.54, 1.807) is 18.5 Å². The molecule has 4 heteroatoms. The van der Waals surface area contributed by atoms with Crippen LogP contribution in [0.15, 0.2) is 48.8 Å². The molecule has 86 valence electrons. The van der Waals surface area contributed by atoms with Gasteiger partial charge < -0.3 is 5.32 Å². The monoisotopic (exact) mass is 227 g/mol. The molecule has 1 atom stereocenters. The van der Waals surface area contributed by atoms with Gasteiger partial charge in [0.25, 0.3) is 5.91 Å². The van der Waals surface area contributed by atoms with Gasteiger partial charge in [0, 0.05) is 12.4 Å². The average molecular weight is 227 g/mol. The minimum absolute atomic E-state index is 0.0625. The highest BCUT2D eigenvalue weighted by molar-refractivity contribution is 5.90. The Kier molecular flexibility index (Phi) is 3.45. The molecule has 0 fully saturated rings. The van der Waals surface area contributed by atoms with Crippen molar-refractivity contribution >= 4 is 5.91 Å². The number of hydrogen-bond acceptors (Lipinski definition) is 3. The minimum atomic E-state index is -0.262. The van der Waals surface area contributed by atoms with Crippen LogP contribution >= 0.6 is 0 Å². The Morgan fingerprint density at radius 3 is 2.41 bits per heavy atom. The fourth-order valence-electron chi connectivity index (χ4n) is 1.50. The van der Waals surface area contributed by atoms with E-state index in [-0.39, 0.29) is 17.8 Å². The number of benzene rings is 1. The van der Waals surface area contributed by atoms with E-state index in [1.807, 2.05) is 37.3 Å². The lowest BCUT2D eigenvalue weighted by Gasteiger charge is -2.13. The predicted molar refractivity (Wildman–Crippen MR) is 64.4 cm³/mol. The van der Waals surface area contributed by atoms with Gasteiger partial charge in [-0.1, -0.05) is 30.3 Å². The molecule has 1 heterocycles.